The average molecular weight is 211 g/mol. The molecule has 1 aromatic heterocycles. The molecule has 3 rings (SSSR count). The lowest BCUT2D eigenvalue weighted by molar-refractivity contribution is 0.432. The fourth-order valence-corrected chi connectivity index (χ4v) is 2.62. The second-order valence-corrected chi connectivity index (χ2v) is 4.40. The van der Waals surface area contributed by atoms with Crippen LogP contribution in [0.1, 0.15) is 19.3 Å². The normalized spacial score (nSPS) is 30.5. The van der Waals surface area contributed by atoms with Gasteiger partial charge in [-0.15, -0.1) is 11.6 Å². The third-order valence-electron chi connectivity index (χ3n) is 2.97. The van der Waals surface area contributed by atoms with Gasteiger partial charge in [-0.2, -0.15) is 10.1 Å². The van der Waals surface area contributed by atoms with E-state index in [4.69, 9.17) is 11.6 Å². The van der Waals surface area contributed by atoms with Crippen molar-refractivity contribution in [1.82, 2.24) is 14.8 Å². The van der Waals surface area contributed by atoms with Gasteiger partial charge in [0.25, 0.3) is 0 Å². The number of hydrogen-bond acceptors (Lipinski definition) is 3. The Morgan fingerprint density at radius 1 is 1.43 bits per heavy atom. The first-order valence-corrected chi connectivity index (χ1v) is 5.38. The van der Waals surface area contributed by atoms with Gasteiger partial charge in [0.2, 0.25) is 5.95 Å². The van der Waals surface area contributed by atoms with Crippen molar-refractivity contribution in [1.29, 1.82) is 0 Å². The highest BCUT2D eigenvalue weighted by molar-refractivity contribution is 6.32. The van der Waals surface area contributed by atoms with Crippen LogP contribution in [0.2, 0.25) is 0 Å². The SMILES string of the molecule is ClC1CCCC2Cn3ncnc3N=C12. The molecule has 2 heterocycles. The zero-order valence-corrected chi connectivity index (χ0v) is 8.48. The Kier molecular flexibility index (Phi) is 1.83. The highest BCUT2D eigenvalue weighted by Gasteiger charge is 2.31. The molecule has 0 aromatic carbocycles. The summed E-state index contributed by atoms with van der Waals surface area (Å²) in [5.74, 6) is 1.20. The van der Waals surface area contributed by atoms with Crippen molar-refractivity contribution in [3.05, 3.63) is 6.33 Å². The van der Waals surface area contributed by atoms with Gasteiger partial charge in [-0.25, -0.2) is 9.67 Å². The van der Waals surface area contributed by atoms with Gasteiger partial charge in [-0.1, -0.05) is 6.42 Å². The summed E-state index contributed by atoms with van der Waals surface area (Å²) in [6.07, 6.45) is 4.98. The van der Waals surface area contributed by atoms with Crippen molar-refractivity contribution in [3.8, 4) is 0 Å². The van der Waals surface area contributed by atoms with Crippen molar-refractivity contribution in [3.63, 3.8) is 0 Å². The molecule has 1 aliphatic heterocycles. The van der Waals surface area contributed by atoms with Crippen LogP contribution < -0.4 is 0 Å². The fraction of sp³-hybridized carbons (Fsp3) is 0.667. The van der Waals surface area contributed by atoms with Gasteiger partial charge in [0.05, 0.1) is 11.9 Å². The molecule has 0 saturated heterocycles. The molecule has 74 valence electrons. The molecule has 1 aromatic rings. The van der Waals surface area contributed by atoms with Gasteiger partial charge in [0.15, 0.2) is 0 Å². The van der Waals surface area contributed by atoms with Gasteiger partial charge in [0, 0.05) is 11.6 Å². The molecular formula is C9H11ClN4. The van der Waals surface area contributed by atoms with E-state index in [0.717, 1.165) is 18.7 Å². The summed E-state index contributed by atoms with van der Waals surface area (Å²) in [6.45, 7) is 0.900. The lowest BCUT2D eigenvalue weighted by Gasteiger charge is -2.30. The maximum atomic E-state index is 6.24. The second kappa shape index (κ2) is 3.05. The van der Waals surface area contributed by atoms with E-state index >= 15 is 0 Å². The molecule has 0 amide bonds. The minimum atomic E-state index is 0.110. The molecule has 2 aliphatic rings. The number of hydrogen-bond donors (Lipinski definition) is 0. The largest absolute Gasteiger partial charge is 0.247 e. The Hall–Kier alpha value is -0.900. The predicted octanol–water partition coefficient (Wildman–Crippen LogP) is 1.77. The Balaban J connectivity index is 2.03. The molecule has 0 spiro atoms. The van der Waals surface area contributed by atoms with E-state index in [1.807, 2.05) is 4.68 Å². The molecule has 4 nitrogen and oxygen atoms in total. The van der Waals surface area contributed by atoms with Crippen LogP contribution >= 0.6 is 11.6 Å². The summed E-state index contributed by atoms with van der Waals surface area (Å²) in [5.41, 5.74) is 1.12. The molecule has 1 fully saturated rings. The second-order valence-electron chi connectivity index (χ2n) is 3.87. The Labute approximate surface area is 87.0 Å². The van der Waals surface area contributed by atoms with Crippen molar-refractivity contribution in [2.24, 2.45) is 10.9 Å². The molecule has 0 radical (unpaired) electrons. The van der Waals surface area contributed by atoms with Crippen LogP contribution in [0.3, 0.4) is 0 Å². The Morgan fingerprint density at radius 2 is 2.36 bits per heavy atom. The van der Waals surface area contributed by atoms with Crippen LogP contribution in [0.25, 0.3) is 0 Å². The first-order chi connectivity index (χ1) is 6.84. The van der Waals surface area contributed by atoms with Gasteiger partial charge in [-0.05, 0) is 12.8 Å². The number of nitrogens with zero attached hydrogens (tertiary/aromatic N) is 4. The third-order valence-corrected chi connectivity index (χ3v) is 3.41. The monoisotopic (exact) mass is 210 g/mol. The molecule has 0 bridgehead atoms. The van der Waals surface area contributed by atoms with Crippen molar-refractivity contribution < 1.29 is 0 Å². The Bertz CT molecular complexity index is 384. The summed E-state index contributed by atoms with van der Waals surface area (Å²) >= 11 is 6.24. The summed E-state index contributed by atoms with van der Waals surface area (Å²) < 4.78 is 1.86. The molecule has 5 heteroatoms. The quantitative estimate of drug-likeness (QED) is 0.613. The number of fused-ring (bicyclic) bond motifs is 2. The molecular weight excluding hydrogens is 200 g/mol. The average Bonchev–Trinajstić information content (AvgIpc) is 2.62. The van der Waals surface area contributed by atoms with Crippen LogP contribution in [0.5, 0.6) is 0 Å². The van der Waals surface area contributed by atoms with Crippen LogP contribution in [0, 0.1) is 5.92 Å². The maximum absolute atomic E-state index is 6.24. The highest BCUT2D eigenvalue weighted by Crippen LogP contribution is 2.32. The van der Waals surface area contributed by atoms with E-state index < -0.39 is 0 Å². The topological polar surface area (TPSA) is 43.1 Å². The maximum Gasteiger partial charge on any atom is 0.247 e. The first kappa shape index (κ1) is 8.41. The highest BCUT2D eigenvalue weighted by atomic mass is 35.5. The molecule has 1 aliphatic carbocycles. The smallest absolute Gasteiger partial charge is 0.230 e. The minimum Gasteiger partial charge on any atom is -0.230 e. The lowest BCUT2D eigenvalue weighted by Crippen LogP contribution is -2.34. The molecule has 0 N–H and O–H groups in total. The van der Waals surface area contributed by atoms with Crippen LogP contribution in [-0.2, 0) is 6.54 Å². The molecule has 14 heavy (non-hydrogen) atoms. The van der Waals surface area contributed by atoms with Gasteiger partial charge in [-0.3, -0.25) is 0 Å². The number of rotatable bonds is 0. The van der Waals surface area contributed by atoms with E-state index in [1.54, 1.807) is 6.33 Å². The predicted molar refractivity (Wildman–Crippen MR) is 54.1 cm³/mol. The molecule has 2 unspecified atom stereocenters. The Morgan fingerprint density at radius 3 is 3.29 bits per heavy atom. The zero-order valence-electron chi connectivity index (χ0n) is 7.73. The van der Waals surface area contributed by atoms with Crippen molar-refractivity contribution in [2.45, 2.75) is 31.2 Å². The van der Waals surface area contributed by atoms with Gasteiger partial charge in [0.1, 0.15) is 6.33 Å². The minimum absolute atomic E-state index is 0.110. The van der Waals surface area contributed by atoms with Gasteiger partial charge >= 0.3 is 0 Å². The lowest BCUT2D eigenvalue weighted by atomic mass is 9.86. The zero-order chi connectivity index (χ0) is 9.54. The van der Waals surface area contributed by atoms with Crippen LogP contribution in [-0.4, -0.2) is 25.9 Å². The van der Waals surface area contributed by atoms with Crippen molar-refractivity contribution >= 4 is 23.3 Å². The number of alkyl halides is 1. The first-order valence-electron chi connectivity index (χ1n) is 4.95. The van der Waals surface area contributed by atoms with Crippen LogP contribution in [0.15, 0.2) is 11.3 Å². The summed E-state index contributed by atoms with van der Waals surface area (Å²) in [5, 5.41) is 4.24. The third kappa shape index (κ3) is 1.17. The summed E-state index contributed by atoms with van der Waals surface area (Å²) in [6, 6.07) is 0. The van der Waals surface area contributed by atoms with E-state index in [1.165, 1.54) is 12.8 Å². The molecule has 1 saturated carbocycles. The van der Waals surface area contributed by atoms with Gasteiger partial charge < -0.3 is 0 Å². The van der Waals surface area contributed by atoms with Crippen molar-refractivity contribution in [2.75, 3.05) is 0 Å². The van der Waals surface area contributed by atoms with E-state index in [2.05, 4.69) is 15.1 Å². The van der Waals surface area contributed by atoms with E-state index in [0.29, 0.717) is 11.9 Å². The van der Waals surface area contributed by atoms with E-state index in [-0.39, 0.29) is 5.38 Å². The van der Waals surface area contributed by atoms with Crippen LogP contribution in [0.4, 0.5) is 5.95 Å². The number of halogens is 1. The van der Waals surface area contributed by atoms with E-state index in [9.17, 15) is 0 Å². The summed E-state index contributed by atoms with van der Waals surface area (Å²) in [7, 11) is 0. The summed E-state index contributed by atoms with van der Waals surface area (Å²) in [4.78, 5) is 8.57. The number of aromatic nitrogens is 3. The molecule has 2 atom stereocenters. The standard InChI is InChI=1S/C9H11ClN4/c10-7-3-1-2-6-4-14-9(11-5-12-14)13-8(6)7/h5-7H,1-4H2. The fourth-order valence-electron chi connectivity index (χ4n) is 2.24. The number of aliphatic imine (C=N–C) groups is 1.